The zero-order valence-electron chi connectivity index (χ0n) is 12.1. The molecule has 20 heavy (non-hydrogen) atoms. The fourth-order valence-electron chi connectivity index (χ4n) is 2.31. The van der Waals surface area contributed by atoms with Crippen LogP contribution in [0.1, 0.15) is 50.2 Å². The average molecular weight is 308 g/mol. The highest BCUT2D eigenvalue weighted by atomic mass is 32.1. The van der Waals surface area contributed by atoms with Crippen LogP contribution in [0.3, 0.4) is 0 Å². The molecule has 0 bridgehead atoms. The number of aryl methyl sites for hydroxylation is 1. The Morgan fingerprint density at radius 3 is 2.80 bits per heavy atom. The van der Waals surface area contributed by atoms with Crippen molar-refractivity contribution < 1.29 is 0 Å². The summed E-state index contributed by atoms with van der Waals surface area (Å²) in [6.45, 7) is 7.44. The van der Waals surface area contributed by atoms with Crippen LogP contribution >= 0.6 is 23.6 Å². The Kier molecular flexibility index (Phi) is 3.77. The van der Waals surface area contributed by atoms with Crippen molar-refractivity contribution in [3.8, 4) is 10.7 Å². The molecule has 0 aromatic carbocycles. The molecule has 0 amide bonds. The van der Waals surface area contributed by atoms with Crippen molar-refractivity contribution in [2.24, 2.45) is 5.92 Å². The van der Waals surface area contributed by atoms with E-state index >= 15 is 0 Å². The van der Waals surface area contributed by atoms with E-state index in [0.29, 0.717) is 16.6 Å². The lowest BCUT2D eigenvalue weighted by Gasteiger charge is -2.08. The van der Waals surface area contributed by atoms with E-state index in [2.05, 4.69) is 35.5 Å². The van der Waals surface area contributed by atoms with Crippen molar-refractivity contribution in [1.82, 2.24) is 19.7 Å². The fraction of sp³-hybridized carbons (Fsp3) is 0.643. The Balaban J connectivity index is 2.06. The third-order valence-electron chi connectivity index (χ3n) is 3.48. The molecule has 0 atom stereocenters. The van der Waals surface area contributed by atoms with E-state index in [0.717, 1.165) is 24.5 Å². The predicted octanol–water partition coefficient (Wildman–Crippen LogP) is 4.16. The second-order valence-corrected chi connectivity index (χ2v) is 7.23. The predicted molar refractivity (Wildman–Crippen MR) is 84.7 cm³/mol. The van der Waals surface area contributed by atoms with Gasteiger partial charge in [0.2, 0.25) is 0 Å². The molecule has 4 nitrogen and oxygen atoms in total. The summed E-state index contributed by atoms with van der Waals surface area (Å²) >= 11 is 7.17. The maximum atomic E-state index is 5.37. The molecule has 0 aliphatic heterocycles. The number of rotatable bonds is 5. The Labute approximate surface area is 128 Å². The molecule has 0 saturated heterocycles. The smallest absolute Gasteiger partial charge is 0.195 e. The number of nitrogens with zero attached hydrogens (tertiary/aromatic N) is 3. The summed E-state index contributed by atoms with van der Waals surface area (Å²) in [4.78, 5) is 6.01. The van der Waals surface area contributed by atoms with Gasteiger partial charge in [0.15, 0.2) is 10.6 Å². The standard InChI is InChI=1S/C14H20N4S2/c1-4-10-11(20-13(15-10)9-5-6-9)12-16-17-14(19)18(12)7-8(2)3/h8-9H,4-7H2,1-3H3,(H,17,19). The summed E-state index contributed by atoms with van der Waals surface area (Å²) in [6, 6.07) is 0. The summed E-state index contributed by atoms with van der Waals surface area (Å²) in [7, 11) is 0. The van der Waals surface area contributed by atoms with Crippen molar-refractivity contribution in [2.45, 2.75) is 52.5 Å². The fourth-order valence-corrected chi connectivity index (χ4v) is 3.84. The van der Waals surface area contributed by atoms with Crippen LogP contribution in [0.2, 0.25) is 0 Å². The highest BCUT2D eigenvalue weighted by Gasteiger charge is 2.29. The topological polar surface area (TPSA) is 46.5 Å². The number of thiazole rings is 1. The first-order valence-electron chi connectivity index (χ1n) is 7.25. The number of hydrogen-bond acceptors (Lipinski definition) is 4. The monoisotopic (exact) mass is 308 g/mol. The van der Waals surface area contributed by atoms with E-state index < -0.39 is 0 Å². The molecule has 0 radical (unpaired) electrons. The number of hydrogen-bond donors (Lipinski definition) is 1. The van der Waals surface area contributed by atoms with Gasteiger partial charge >= 0.3 is 0 Å². The van der Waals surface area contributed by atoms with E-state index in [1.54, 1.807) is 11.3 Å². The second kappa shape index (κ2) is 5.41. The number of nitrogens with one attached hydrogen (secondary N) is 1. The van der Waals surface area contributed by atoms with Crippen LogP contribution in [0, 0.1) is 10.7 Å². The van der Waals surface area contributed by atoms with Crippen LogP contribution in [0.25, 0.3) is 10.7 Å². The summed E-state index contributed by atoms with van der Waals surface area (Å²) in [5.41, 5.74) is 1.16. The van der Waals surface area contributed by atoms with Gasteiger partial charge in [-0.15, -0.1) is 11.3 Å². The lowest BCUT2D eigenvalue weighted by atomic mass is 10.2. The number of H-pyrrole nitrogens is 1. The van der Waals surface area contributed by atoms with Crippen molar-refractivity contribution in [2.75, 3.05) is 0 Å². The molecule has 1 fully saturated rings. The molecule has 6 heteroatoms. The maximum absolute atomic E-state index is 5.37. The number of aromatic amines is 1. The Morgan fingerprint density at radius 1 is 1.45 bits per heavy atom. The molecule has 1 N–H and O–H groups in total. The van der Waals surface area contributed by atoms with Crippen LogP contribution in [-0.4, -0.2) is 19.7 Å². The molecular formula is C14H20N4S2. The molecule has 108 valence electrons. The van der Waals surface area contributed by atoms with Gasteiger partial charge in [0.1, 0.15) is 0 Å². The number of aromatic nitrogens is 4. The quantitative estimate of drug-likeness (QED) is 0.844. The molecule has 1 saturated carbocycles. The Hall–Kier alpha value is -1.01. The van der Waals surface area contributed by atoms with Crippen LogP contribution in [0.15, 0.2) is 0 Å². The molecule has 2 aromatic rings. The van der Waals surface area contributed by atoms with Gasteiger partial charge in [0, 0.05) is 12.5 Å². The van der Waals surface area contributed by atoms with Gasteiger partial charge in [-0.3, -0.25) is 9.67 Å². The molecule has 2 heterocycles. The molecule has 3 rings (SSSR count). The summed E-state index contributed by atoms with van der Waals surface area (Å²) in [6.07, 6.45) is 3.52. The van der Waals surface area contributed by atoms with Gasteiger partial charge in [-0.25, -0.2) is 4.98 Å². The van der Waals surface area contributed by atoms with Crippen LogP contribution in [0.4, 0.5) is 0 Å². The maximum Gasteiger partial charge on any atom is 0.195 e. The lowest BCUT2D eigenvalue weighted by molar-refractivity contribution is 0.521. The van der Waals surface area contributed by atoms with Crippen molar-refractivity contribution in [3.63, 3.8) is 0 Å². The Morgan fingerprint density at radius 2 is 2.20 bits per heavy atom. The molecule has 2 aromatic heterocycles. The van der Waals surface area contributed by atoms with Crippen molar-refractivity contribution >= 4 is 23.6 Å². The first-order chi connectivity index (χ1) is 9.60. The minimum absolute atomic E-state index is 0.541. The Bertz CT molecular complexity index is 661. The van der Waals surface area contributed by atoms with Gasteiger partial charge in [-0.05, 0) is 37.4 Å². The SMILES string of the molecule is CCc1nc(C2CC2)sc1-c1n[nH]c(=S)n1CC(C)C. The molecule has 1 aliphatic carbocycles. The molecule has 0 spiro atoms. The van der Waals surface area contributed by atoms with E-state index in [1.807, 2.05) is 0 Å². The van der Waals surface area contributed by atoms with Gasteiger partial charge in [0.05, 0.1) is 15.6 Å². The van der Waals surface area contributed by atoms with Gasteiger partial charge < -0.3 is 0 Å². The highest BCUT2D eigenvalue weighted by Crippen LogP contribution is 2.44. The van der Waals surface area contributed by atoms with E-state index in [4.69, 9.17) is 17.2 Å². The minimum atomic E-state index is 0.541. The molecule has 1 aliphatic rings. The summed E-state index contributed by atoms with van der Waals surface area (Å²) in [5.74, 6) is 2.20. The molecule has 0 unspecified atom stereocenters. The zero-order chi connectivity index (χ0) is 14.3. The summed E-state index contributed by atoms with van der Waals surface area (Å²) in [5, 5.41) is 8.68. The average Bonchev–Trinajstić information content (AvgIpc) is 3.08. The minimum Gasteiger partial charge on any atom is -0.299 e. The van der Waals surface area contributed by atoms with Gasteiger partial charge in [-0.1, -0.05) is 20.8 Å². The molecular weight excluding hydrogens is 288 g/mol. The lowest BCUT2D eigenvalue weighted by Crippen LogP contribution is -2.06. The van der Waals surface area contributed by atoms with Crippen molar-refractivity contribution in [3.05, 3.63) is 15.5 Å². The highest BCUT2D eigenvalue weighted by molar-refractivity contribution is 7.71. The first-order valence-corrected chi connectivity index (χ1v) is 8.47. The van der Waals surface area contributed by atoms with Crippen LogP contribution in [-0.2, 0) is 13.0 Å². The van der Waals surface area contributed by atoms with E-state index in [-0.39, 0.29) is 0 Å². The van der Waals surface area contributed by atoms with Gasteiger partial charge in [-0.2, -0.15) is 5.10 Å². The normalized spacial score (nSPS) is 15.2. The first kappa shape index (κ1) is 13.9. The third kappa shape index (κ3) is 2.59. The second-order valence-electron chi connectivity index (χ2n) is 5.81. The van der Waals surface area contributed by atoms with Gasteiger partial charge in [0.25, 0.3) is 0 Å². The third-order valence-corrected chi connectivity index (χ3v) is 5.05. The van der Waals surface area contributed by atoms with Crippen LogP contribution in [0.5, 0.6) is 0 Å². The van der Waals surface area contributed by atoms with Crippen LogP contribution < -0.4 is 0 Å². The summed E-state index contributed by atoms with van der Waals surface area (Å²) < 4.78 is 2.82. The van der Waals surface area contributed by atoms with E-state index in [1.165, 1.54) is 22.7 Å². The van der Waals surface area contributed by atoms with Crippen molar-refractivity contribution in [1.29, 1.82) is 0 Å². The van der Waals surface area contributed by atoms with E-state index in [9.17, 15) is 0 Å². The zero-order valence-corrected chi connectivity index (χ0v) is 13.8. The largest absolute Gasteiger partial charge is 0.299 e.